The first-order valence-electron chi connectivity index (χ1n) is 11.7. The minimum absolute atomic E-state index is 0.284. The fraction of sp³-hybridized carbons (Fsp3) is 0.345. The van der Waals surface area contributed by atoms with Gasteiger partial charge in [0.25, 0.3) is 0 Å². The lowest BCUT2D eigenvalue weighted by Gasteiger charge is -2.45. The van der Waals surface area contributed by atoms with Crippen molar-refractivity contribution in [3.8, 4) is 0 Å². The smallest absolute Gasteiger partial charge is 0.416 e. The highest BCUT2D eigenvalue weighted by atomic mass is 19.4. The fourth-order valence-corrected chi connectivity index (χ4v) is 4.81. The molecule has 0 aliphatic carbocycles. The number of ether oxygens (including phenoxy) is 1. The first kappa shape index (κ1) is 25.0. The van der Waals surface area contributed by atoms with Gasteiger partial charge in [-0.2, -0.15) is 13.2 Å². The number of carbonyl (C=O) groups is 1. The normalized spacial score (nSPS) is 19.6. The molecule has 35 heavy (non-hydrogen) atoms. The summed E-state index contributed by atoms with van der Waals surface area (Å²) < 4.78 is 45.3. The quantitative estimate of drug-likeness (QED) is 0.372. The molecule has 0 aromatic heterocycles. The molecule has 1 aliphatic rings. The minimum Gasteiger partial charge on any atom is -0.459 e. The Kier molecular flexibility index (Phi) is 6.78. The van der Waals surface area contributed by atoms with E-state index in [1.165, 1.54) is 12.1 Å². The number of hydrogen-bond acceptors (Lipinski definition) is 3. The monoisotopic (exact) mass is 481 g/mol. The number of halogens is 3. The molecule has 4 rings (SSSR count). The second-order valence-corrected chi connectivity index (χ2v) is 10.0. The molecule has 0 saturated carbocycles. The van der Waals surface area contributed by atoms with E-state index in [2.05, 4.69) is 4.90 Å². The maximum atomic E-state index is 13.7. The largest absolute Gasteiger partial charge is 0.459 e. The number of hydrogen-bond donors (Lipinski definition) is 0. The molecule has 0 fully saturated rings. The van der Waals surface area contributed by atoms with Gasteiger partial charge < -0.3 is 4.74 Å². The lowest BCUT2D eigenvalue weighted by molar-refractivity contribution is -0.164. The van der Waals surface area contributed by atoms with Crippen molar-refractivity contribution in [2.24, 2.45) is 0 Å². The third kappa shape index (κ3) is 5.43. The molecule has 1 heterocycles. The van der Waals surface area contributed by atoms with Crippen LogP contribution >= 0.6 is 0 Å². The second-order valence-electron chi connectivity index (χ2n) is 10.0. The molecule has 3 atom stereocenters. The van der Waals surface area contributed by atoms with Gasteiger partial charge in [0.05, 0.1) is 5.56 Å². The number of alkyl halides is 3. The molecule has 0 saturated heterocycles. The van der Waals surface area contributed by atoms with Crippen molar-refractivity contribution in [3.05, 3.63) is 107 Å². The molecule has 0 N–H and O–H groups in total. The summed E-state index contributed by atoms with van der Waals surface area (Å²) in [5, 5.41) is 0. The number of fused-ring (bicyclic) bond motifs is 1. The van der Waals surface area contributed by atoms with Crippen molar-refractivity contribution in [3.63, 3.8) is 0 Å². The van der Waals surface area contributed by atoms with Crippen LogP contribution in [-0.2, 0) is 22.3 Å². The van der Waals surface area contributed by atoms with Gasteiger partial charge in [0.15, 0.2) is 0 Å². The Morgan fingerprint density at radius 3 is 2.11 bits per heavy atom. The van der Waals surface area contributed by atoms with Gasteiger partial charge in [0.1, 0.15) is 11.6 Å². The summed E-state index contributed by atoms with van der Waals surface area (Å²) >= 11 is 0. The lowest BCUT2D eigenvalue weighted by Crippen LogP contribution is -2.51. The van der Waals surface area contributed by atoms with E-state index in [1.807, 2.05) is 82.3 Å². The van der Waals surface area contributed by atoms with Gasteiger partial charge in [-0.05, 0) is 62.1 Å². The zero-order chi connectivity index (χ0) is 25.4. The van der Waals surface area contributed by atoms with E-state index in [9.17, 15) is 18.0 Å². The number of rotatable bonds is 4. The van der Waals surface area contributed by atoms with E-state index < -0.39 is 23.4 Å². The first-order chi connectivity index (χ1) is 16.5. The Labute approximate surface area is 204 Å². The molecular formula is C29H30F3NO2. The van der Waals surface area contributed by atoms with Crippen LogP contribution in [0.1, 0.15) is 67.5 Å². The topological polar surface area (TPSA) is 29.5 Å². The SMILES string of the molecule is C[C@@H](c1ccc(C(F)(F)F)cc1)N1Cc2ccccc2[C@@H](c2ccccc2)[C@@H]1C(=O)OC(C)(C)C. The number of benzene rings is 3. The van der Waals surface area contributed by atoms with Crippen LogP contribution in [0, 0.1) is 0 Å². The minimum atomic E-state index is -4.40. The molecule has 6 heteroatoms. The third-order valence-electron chi connectivity index (χ3n) is 6.44. The Balaban J connectivity index is 1.82. The fourth-order valence-electron chi connectivity index (χ4n) is 4.81. The van der Waals surface area contributed by atoms with Crippen LogP contribution in [0.2, 0.25) is 0 Å². The highest BCUT2D eigenvalue weighted by Gasteiger charge is 2.44. The van der Waals surface area contributed by atoms with Crippen molar-refractivity contribution < 1.29 is 22.7 Å². The van der Waals surface area contributed by atoms with E-state index in [0.29, 0.717) is 12.1 Å². The molecule has 184 valence electrons. The second kappa shape index (κ2) is 9.50. The third-order valence-corrected chi connectivity index (χ3v) is 6.44. The summed E-state index contributed by atoms with van der Waals surface area (Å²) in [6, 6.07) is 22.1. The molecule has 0 radical (unpaired) electrons. The van der Waals surface area contributed by atoms with E-state index in [0.717, 1.165) is 28.8 Å². The Bertz CT molecular complexity index is 1170. The zero-order valence-electron chi connectivity index (χ0n) is 20.3. The number of carbonyl (C=O) groups excluding carboxylic acids is 1. The highest BCUT2D eigenvalue weighted by molar-refractivity contribution is 5.79. The van der Waals surface area contributed by atoms with E-state index in [1.54, 1.807) is 0 Å². The van der Waals surface area contributed by atoms with Gasteiger partial charge in [-0.1, -0.05) is 66.7 Å². The summed E-state index contributed by atoms with van der Waals surface area (Å²) in [5.41, 5.74) is 2.46. The van der Waals surface area contributed by atoms with Gasteiger partial charge >= 0.3 is 12.1 Å². The maximum absolute atomic E-state index is 13.7. The predicted molar refractivity (Wildman–Crippen MR) is 130 cm³/mol. The summed E-state index contributed by atoms with van der Waals surface area (Å²) in [4.78, 5) is 15.8. The summed E-state index contributed by atoms with van der Waals surface area (Å²) in [6.45, 7) is 7.91. The van der Waals surface area contributed by atoms with Gasteiger partial charge in [-0.15, -0.1) is 0 Å². The highest BCUT2D eigenvalue weighted by Crippen LogP contribution is 2.43. The van der Waals surface area contributed by atoms with Crippen LogP contribution in [0.5, 0.6) is 0 Å². The van der Waals surface area contributed by atoms with Gasteiger partial charge in [0.2, 0.25) is 0 Å². The standard InChI is InChI=1S/C29H30F3NO2/c1-19(20-14-16-23(17-15-20)29(30,31)32)33-18-22-12-8-9-13-24(22)25(21-10-6-5-7-11-21)26(33)27(34)35-28(2,3)4/h5-17,19,25-26H,18H2,1-4H3/t19-,25+,26+/m0/s1. The van der Waals surface area contributed by atoms with Gasteiger partial charge in [-0.25, -0.2) is 0 Å². The van der Waals surface area contributed by atoms with Crippen molar-refractivity contribution >= 4 is 5.97 Å². The van der Waals surface area contributed by atoms with Crippen LogP contribution in [0.4, 0.5) is 13.2 Å². The van der Waals surface area contributed by atoms with Crippen molar-refractivity contribution in [1.29, 1.82) is 0 Å². The van der Waals surface area contributed by atoms with E-state index >= 15 is 0 Å². The number of nitrogens with zero attached hydrogens (tertiary/aromatic N) is 1. The Morgan fingerprint density at radius 1 is 0.914 bits per heavy atom. The van der Waals surface area contributed by atoms with Crippen molar-refractivity contribution in [2.45, 2.75) is 64.0 Å². The van der Waals surface area contributed by atoms with Gasteiger partial charge in [0, 0.05) is 18.5 Å². The molecule has 0 amide bonds. The molecular weight excluding hydrogens is 451 g/mol. The molecule has 1 aliphatic heterocycles. The number of esters is 1. The van der Waals surface area contributed by atoms with Crippen molar-refractivity contribution in [1.82, 2.24) is 4.90 Å². The summed E-state index contributed by atoms with van der Waals surface area (Å²) in [7, 11) is 0. The predicted octanol–water partition coefficient (Wildman–Crippen LogP) is 7.12. The zero-order valence-corrected chi connectivity index (χ0v) is 20.3. The molecule has 3 nitrogen and oxygen atoms in total. The van der Waals surface area contributed by atoms with E-state index in [-0.39, 0.29) is 17.9 Å². The molecule has 3 aromatic carbocycles. The average molecular weight is 482 g/mol. The molecule has 3 aromatic rings. The molecule has 0 unspecified atom stereocenters. The van der Waals surface area contributed by atoms with Crippen LogP contribution in [0.3, 0.4) is 0 Å². The van der Waals surface area contributed by atoms with Crippen LogP contribution in [0.15, 0.2) is 78.9 Å². The molecule has 0 spiro atoms. The Morgan fingerprint density at radius 2 is 1.51 bits per heavy atom. The van der Waals surface area contributed by atoms with E-state index in [4.69, 9.17) is 4.74 Å². The summed E-state index contributed by atoms with van der Waals surface area (Å²) in [6.07, 6.45) is -4.40. The van der Waals surface area contributed by atoms with Crippen LogP contribution < -0.4 is 0 Å². The molecule has 0 bridgehead atoms. The van der Waals surface area contributed by atoms with Crippen molar-refractivity contribution in [2.75, 3.05) is 0 Å². The first-order valence-corrected chi connectivity index (χ1v) is 11.7. The Hall–Kier alpha value is -3.12. The average Bonchev–Trinajstić information content (AvgIpc) is 2.81. The van der Waals surface area contributed by atoms with Gasteiger partial charge in [-0.3, -0.25) is 9.69 Å². The van der Waals surface area contributed by atoms with Crippen LogP contribution in [-0.4, -0.2) is 22.5 Å². The lowest BCUT2D eigenvalue weighted by atomic mass is 9.78. The maximum Gasteiger partial charge on any atom is 0.416 e. The van der Waals surface area contributed by atoms with Crippen LogP contribution in [0.25, 0.3) is 0 Å². The summed E-state index contributed by atoms with van der Waals surface area (Å²) in [5.74, 6) is -0.632.